The Hall–Kier alpha value is -2.25. The molecule has 0 unspecified atom stereocenters. The number of anilines is 2. The van der Waals surface area contributed by atoms with Gasteiger partial charge in [-0.25, -0.2) is 4.73 Å². The minimum atomic E-state index is -0.0644. The molecule has 2 aromatic rings. The summed E-state index contributed by atoms with van der Waals surface area (Å²) in [5, 5.41) is 36.0. The summed E-state index contributed by atoms with van der Waals surface area (Å²) < 4.78 is 1.75. The van der Waals surface area contributed by atoms with Crippen molar-refractivity contribution in [2.24, 2.45) is 0 Å². The number of rotatable bonds is 2. The monoisotopic (exact) mass is 213 g/mol. The van der Waals surface area contributed by atoms with E-state index in [1.54, 1.807) is 7.05 Å². The topological polar surface area (TPSA) is 101 Å². The van der Waals surface area contributed by atoms with Gasteiger partial charge in [-0.3, -0.25) is 5.32 Å². The van der Waals surface area contributed by atoms with E-state index in [9.17, 15) is 15.6 Å². The average Bonchev–Trinajstić information content (AvgIpc) is 2.66. The molecular formula is C7H11N5O3. The van der Waals surface area contributed by atoms with Crippen molar-refractivity contribution in [3.05, 3.63) is 11.3 Å². The zero-order valence-electron chi connectivity index (χ0n) is 8.22. The highest BCUT2D eigenvalue weighted by Crippen LogP contribution is 2.21. The zero-order chi connectivity index (χ0) is 11.2. The number of aromatic nitrogens is 3. The zero-order valence-corrected chi connectivity index (χ0v) is 8.22. The fraction of sp³-hybridized carbons (Fsp3) is 0.286. The van der Waals surface area contributed by atoms with Crippen molar-refractivity contribution in [2.45, 2.75) is 0 Å². The average molecular weight is 213 g/mol. The Morgan fingerprint density at radius 1 is 1.27 bits per heavy atom. The largest absolute Gasteiger partial charge is 0.754 e. The smallest absolute Gasteiger partial charge is 0.352 e. The molecule has 0 fully saturated rings. The van der Waals surface area contributed by atoms with Gasteiger partial charge in [0.1, 0.15) is 0 Å². The van der Waals surface area contributed by atoms with Crippen molar-refractivity contribution in [1.29, 1.82) is 0 Å². The molecule has 0 aliphatic heterocycles. The molecular weight excluding hydrogens is 202 g/mol. The van der Waals surface area contributed by atoms with E-state index in [1.807, 2.05) is 0 Å². The van der Waals surface area contributed by atoms with Crippen molar-refractivity contribution >= 4 is 22.9 Å². The molecule has 4 N–H and O–H groups in total. The van der Waals surface area contributed by atoms with E-state index in [0.717, 1.165) is 0 Å². The third kappa shape index (κ3) is 0.981. The van der Waals surface area contributed by atoms with Gasteiger partial charge in [0.25, 0.3) is 5.65 Å². The first-order valence-corrected chi connectivity index (χ1v) is 4.25. The van der Waals surface area contributed by atoms with Crippen LogP contribution in [0.15, 0.2) is 6.07 Å². The molecule has 2 heterocycles. The maximum absolute atomic E-state index is 11.6. The fourth-order valence-electron chi connectivity index (χ4n) is 1.51. The summed E-state index contributed by atoms with van der Waals surface area (Å²) >= 11 is 0. The predicted molar refractivity (Wildman–Crippen MR) is 52.4 cm³/mol. The second-order valence-corrected chi connectivity index (χ2v) is 2.98. The van der Waals surface area contributed by atoms with Crippen molar-refractivity contribution in [2.75, 3.05) is 24.7 Å². The highest BCUT2D eigenvalue weighted by atomic mass is 16.5. The third-order valence-corrected chi connectivity index (χ3v) is 2.22. The highest BCUT2D eigenvalue weighted by molar-refractivity contribution is 5.77. The molecule has 0 aliphatic rings. The molecule has 0 radical (unpaired) electrons. The van der Waals surface area contributed by atoms with Gasteiger partial charge >= 0.3 is 5.95 Å². The first-order valence-electron chi connectivity index (χ1n) is 4.25. The number of hydrogen-bond donors (Lipinski definition) is 4. The van der Waals surface area contributed by atoms with Crippen LogP contribution in [0.25, 0.3) is 11.2 Å². The predicted octanol–water partition coefficient (Wildman–Crippen LogP) is -0.366. The summed E-state index contributed by atoms with van der Waals surface area (Å²) in [5.41, 5.74) is 0.160. The number of imidazole rings is 1. The van der Waals surface area contributed by atoms with E-state index < -0.39 is 0 Å². The molecule has 0 saturated heterocycles. The van der Waals surface area contributed by atoms with Crippen molar-refractivity contribution < 1.29 is 15.1 Å². The molecule has 0 bridgehead atoms. The molecule has 0 aromatic carbocycles. The Labute approximate surface area is 84.5 Å². The van der Waals surface area contributed by atoms with E-state index in [-0.39, 0.29) is 17.1 Å². The van der Waals surface area contributed by atoms with Crippen LogP contribution in [0.1, 0.15) is 0 Å². The van der Waals surface area contributed by atoms with Crippen molar-refractivity contribution in [3.8, 4) is 0 Å². The van der Waals surface area contributed by atoms with Crippen molar-refractivity contribution in [1.82, 2.24) is 9.46 Å². The van der Waals surface area contributed by atoms with Gasteiger partial charge < -0.3 is 20.9 Å². The number of fused-ring (bicyclic) bond motifs is 1. The summed E-state index contributed by atoms with van der Waals surface area (Å²) in [4.78, 5) is 0. The van der Waals surface area contributed by atoms with Gasteiger partial charge in [-0.15, -0.1) is 0 Å². The second-order valence-electron chi connectivity index (χ2n) is 2.98. The Morgan fingerprint density at radius 3 is 2.40 bits per heavy atom. The minimum absolute atomic E-state index is 0.0498. The van der Waals surface area contributed by atoms with Crippen LogP contribution in [0.2, 0.25) is 0 Å². The van der Waals surface area contributed by atoms with Crippen LogP contribution in [0, 0.1) is 5.21 Å². The second kappa shape index (κ2) is 2.87. The van der Waals surface area contributed by atoms with Gasteiger partial charge in [0.2, 0.25) is 5.52 Å². The van der Waals surface area contributed by atoms with Crippen LogP contribution in [0.4, 0.5) is 11.8 Å². The van der Waals surface area contributed by atoms with Gasteiger partial charge in [-0.2, -0.15) is 0 Å². The molecule has 0 saturated carbocycles. The Balaban J connectivity index is 2.84. The van der Waals surface area contributed by atoms with Gasteiger partial charge in [-0.1, -0.05) is 9.46 Å². The van der Waals surface area contributed by atoms with Gasteiger partial charge in [0.05, 0.1) is 0 Å². The number of nitrogens with zero attached hydrogens (tertiary/aromatic N) is 3. The SMILES string of the molecule is CNc1cc2c(n1O)[n+]([O-])c(NC)n2O. The van der Waals surface area contributed by atoms with E-state index in [1.165, 1.54) is 13.1 Å². The molecule has 82 valence electrons. The standard InChI is InChI=1S/C7H11N5O3/c1-8-5-3-4-6(11(5)14)12(15)7(9-2)10(4)13/h3,8-9,13-14H,1-2H3. The summed E-state index contributed by atoms with van der Waals surface area (Å²) in [6.45, 7) is 0. The van der Waals surface area contributed by atoms with Crippen LogP contribution < -0.4 is 15.4 Å². The van der Waals surface area contributed by atoms with Gasteiger partial charge in [0.15, 0.2) is 5.82 Å². The molecule has 15 heavy (non-hydrogen) atoms. The lowest BCUT2D eigenvalue weighted by Crippen LogP contribution is -2.31. The van der Waals surface area contributed by atoms with E-state index >= 15 is 0 Å². The first-order chi connectivity index (χ1) is 7.11. The normalized spacial score (nSPS) is 10.8. The van der Waals surface area contributed by atoms with Crippen LogP contribution in [-0.4, -0.2) is 34.0 Å². The molecule has 0 atom stereocenters. The summed E-state index contributed by atoms with van der Waals surface area (Å²) in [6, 6.07) is 1.45. The molecule has 0 spiro atoms. The fourth-order valence-corrected chi connectivity index (χ4v) is 1.51. The quantitative estimate of drug-likeness (QED) is 0.310. The van der Waals surface area contributed by atoms with Crippen LogP contribution >= 0.6 is 0 Å². The molecule has 2 rings (SSSR count). The number of hydrogen-bond acceptors (Lipinski definition) is 5. The molecule has 0 aliphatic carbocycles. The maximum Gasteiger partial charge on any atom is 0.352 e. The van der Waals surface area contributed by atoms with E-state index in [2.05, 4.69) is 10.6 Å². The molecule has 2 aromatic heterocycles. The lowest BCUT2D eigenvalue weighted by molar-refractivity contribution is -0.568. The minimum Gasteiger partial charge on any atom is -0.754 e. The van der Waals surface area contributed by atoms with Crippen LogP contribution in [0.5, 0.6) is 0 Å². The maximum atomic E-state index is 11.6. The Kier molecular flexibility index (Phi) is 1.78. The summed E-state index contributed by atoms with van der Waals surface area (Å²) in [7, 11) is 3.09. The van der Waals surface area contributed by atoms with E-state index in [4.69, 9.17) is 0 Å². The molecule has 0 amide bonds. The van der Waals surface area contributed by atoms with Gasteiger partial charge in [0, 0.05) is 20.2 Å². The van der Waals surface area contributed by atoms with E-state index in [0.29, 0.717) is 20.0 Å². The Morgan fingerprint density at radius 2 is 1.93 bits per heavy atom. The lowest BCUT2D eigenvalue weighted by Gasteiger charge is -2.05. The molecule has 8 heteroatoms. The lowest BCUT2D eigenvalue weighted by atomic mass is 10.5. The van der Waals surface area contributed by atoms with Crippen LogP contribution in [-0.2, 0) is 0 Å². The summed E-state index contributed by atoms with van der Waals surface area (Å²) in [5.74, 6) is 0.250. The molecule has 8 nitrogen and oxygen atoms in total. The Bertz CT molecular complexity index is 514. The van der Waals surface area contributed by atoms with Crippen LogP contribution in [0.3, 0.4) is 0 Å². The van der Waals surface area contributed by atoms with Gasteiger partial charge in [-0.05, 0) is 0 Å². The summed E-state index contributed by atoms with van der Waals surface area (Å²) in [6.07, 6.45) is 0. The number of nitrogens with one attached hydrogen (secondary N) is 2. The first kappa shape index (κ1) is 9.31. The highest BCUT2D eigenvalue weighted by Gasteiger charge is 2.24. The van der Waals surface area contributed by atoms with Crippen molar-refractivity contribution in [3.63, 3.8) is 0 Å². The third-order valence-electron chi connectivity index (χ3n) is 2.22.